The Bertz CT molecular complexity index is 854. The van der Waals surface area contributed by atoms with Gasteiger partial charge in [0.1, 0.15) is 0 Å². The summed E-state index contributed by atoms with van der Waals surface area (Å²) in [4.78, 5) is 43.6. The molecular formula is C14H18N5O4-. The molecule has 0 bridgehead atoms. The Morgan fingerprint density at radius 2 is 1.87 bits per heavy atom. The van der Waals surface area contributed by atoms with E-state index >= 15 is 0 Å². The van der Waals surface area contributed by atoms with Gasteiger partial charge in [-0.1, -0.05) is 12.8 Å². The van der Waals surface area contributed by atoms with Crippen molar-refractivity contribution in [3.05, 3.63) is 20.8 Å². The molecule has 9 heteroatoms. The largest absolute Gasteiger partial charge is 0.548 e. The minimum absolute atomic E-state index is 0.0792. The number of anilines is 1. The molecule has 0 aromatic carbocycles. The highest BCUT2D eigenvalue weighted by atomic mass is 16.4. The van der Waals surface area contributed by atoms with E-state index in [0.717, 1.165) is 38.8 Å². The number of carboxylic acid groups (broad SMARTS) is 1. The molecule has 0 saturated carbocycles. The van der Waals surface area contributed by atoms with E-state index in [2.05, 4.69) is 9.97 Å². The second-order valence-corrected chi connectivity index (χ2v) is 5.76. The van der Waals surface area contributed by atoms with Crippen molar-refractivity contribution in [3.63, 3.8) is 0 Å². The van der Waals surface area contributed by atoms with Crippen LogP contribution in [0, 0.1) is 0 Å². The number of aromatic nitrogens is 4. The van der Waals surface area contributed by atoms with Crippen LogP contribution in [-0.2, 0) is 18.4 Å². The summed E-state index contributed by atoms with van der Waals surface area (Å²) in [6, 6.07) is 0. The average Bonchev–Trinajstić information content (AvgIpc) is 2.69. The molecule has 0 amide bonds. The number of carboxylic acids is 1. The van der Waals surface area contributed by atoms with Crippen LogP contribution in [0.1, 0.15) is 25.7 Å². The summed E-state index contributed by atoms with van der Waals surface area (Å²) < 4.78 is 2.54. The van der Waals surface area contributed by atoms with Gasteiger partial charge >= 0.3 is 5.69 Å². The molecule has 3 rings (SSSR count). The standard InChI is InChI=1S/C14H19N5O4/c1-17-11-10(12(22)16-14(17)23)19(8-9(20)21)13(15-11)18-6-4-2-3-5-7-18/h2-8H2,1H3,(H,20,21)(H,16,22,23)/p-1. The van der Waals surface area contributed by atoms with Gasteiger partial charge in [-0.3, -0.25) is 18.9 Å². The number of fused-ring (bicyclic) bond motifs is 1. The van der Waals surface area contributed by atoms with E-state index in [1.807, 2.05) is 4.90 Å². The molecule has 9 nitrogen and oxygen atoms in total. The van der Waals surface area contributed by atoms with Crippen molar-refractivity contribution in [1.29, 1.82) is 0 Å². The predicted octanol–water partition coefficient (Wildman–Crippen LogP) is -1.45. The zero-order valence-corrected chi connectivity index (χ0v) is 12.9. The number of aromatic amines is 1. The highest BCUT2D eigenvalue weighted by molar-refractivity contribution is 5.77. The number of nitrogens with one attached hydrogen (secondary N) is 1. The van der Waals surface area contributed by atoms with Crippen molar-refractivity contribution < 1.29 is 9.90 Å². The number of carbonyl (C=O) groups excluding carboxylic acids is 1. The Labute approximate surface area is 131 Å². The van der Waals surface area contributed by atoms with Crippen molar-refractivity contribution >= 4 is 23.1 Å². The fourth-order valence-corrected chi connectivity index (χ4v) is 3.01. The van der Waals surface area contributed by atoms with Crippen LogP contribution in [0.15, 0.2) is 9.59 Å². The Morgan fingerprint density at radius 1 is 1.22 bits per heavy atom. The number of nitrogens with zero attached hydrogens (tertiary/aromatic N) is 4. The number of aliphatic carboxylic acids is 1. The van der Waals surface area contributed by atoms with Crippen molar-refractivity contribution in [2.45, 2.75) is 32.2 Å². The molecule has 1 aliphatic heterocycles. The van der Waals surface area contributed by atoms with Crippen molar-refractivity contribution in [1.82, 2.24) is 19.1 Å². The topological polar surface area (TPSA) is 116 Å². The molecule has 0 radical (unpaired) electrons. The Kier molecular flexibility index (Phi) is 3.93. The van der Waals surface area contributed by atoms with Crippen molar-refractivity contribution in [3.8, 4) is 0 Å². The fraction of sp³-hybridized carbons (Fsp3) is 0.571. The lowest BCUT2D eigenvalue weighted by molar-refractivity contribution is -0.306. The second kappa shape index (κ2) is 5.90. The van der Waals surface area contributed by atoms with E-state index in [1.165, 1.54) is 16.2 Å². The minimum Gasteiger partial charge on any atom is -0.548 e. The molecule has 124 valence electrons. The molecule has 1 saturated heterocycles. The first-order valence-corrected chi connectivity index (χ1v) is 7.63. The highest BCUT2D eigenvalue weighted by Gasteiger charge is 2.22. The molecule has 0 atom stereocenters. The Morgan fingerprint density at radius 3 is 2.48 bits per heavy atom. The third-order valence-electron chi connectivity index (χ3n) is 4.16. The lowest BCUT2D eigenvalue weighted by Gasteiger charge is -2.22. The summed E-state index contributed by atoms with van der Waals surface area (Å²) in [5.74, 6) is -0.911. The van der Waals surface area contributed by atoms with Crippen LogP contribution in [0.5, 0.6) is 0 Å². The smallest absolute Gasteiger partial charge is 0.329 e. The van der Waals surface area contributed by atoms with E-state index in [-0.39, 0.29) is 11.2 Å². The van der Waals surface area contributed by atoms with Gasteiger partial charge in [0.05, 0.1) is 12.5 Å². The van der Waals surface area contributed by atoms with Crippen LogP contribution in [0.25, 0.3) is 11.2 Å². The summed E-state index contributed by atoms with van der Waals surface area (Å²) in [6.45, 7) is 0.994. The van der Waals surface area contributed by atoms with Gasteiger partial charge < -0.3 is 14.8 Å². The maximum atomic E-state index is 12.2. The van der Waals surface area contributed by atoms with Crippen molar-refractivity contribution in [2.24, 2.45) is 7.05 Å². The highest BCUT2D eigenvalue weighted by Crippen LogP contribution is 2.22. The first-order chi connectivity index (χ1) is 11.0. The number of imidazole rings is 1. The van der Waals surface area contributed by atoms with Gasteiger partial charge in [-0.2, -0.15) is 4.98 Å². The summed E-state index contributed by atoms with van der Waals surface area (Å²) >= 11 is 0. The molecular weight excluding hydrogens is 302 g/mol. The van der Waals surface area contributed by atoms with Crippen LogP contribution in [0.4, 0.5) is 5.95 Å². The third-order valence-corrected chi connectivity index (χ3v) is 4.16. The van der Waals surface area contributed by atoms with Crippen LogP contribution < -0.4 is 21.3 Å². The maximum Gasteiger partial charge on any atom is 0.329 e. The summed E-state index contributed by atoms with van der Waals surface area (Å²) in [6.07, 6.45) is 4.17. The van der Waals surface area contributed by atoms with Crippen LogP contribution in [0.3, 0.4) is 0 Å². The number of rotatable bonds is 3. The fourth-order valence-electron chi connectivity index (χ4n) is 3.01. The van der Waals surface area contributed by atoms with Gasteiger partial charge in [0.2, 0.25) is 5.95 Å². The quantitative estimate of drug-likeness (QED) is 0.740. The normalized spacial score (nSPS) is 15.8. The maximum absolute atomic E-state index is 12.2. The third kappa shape index (κ3) is 2.73. The molecule has 0 aliphatic carbocycles. The molecule has 0 unspecified atom stereocenters. The summed E-state index contributed by atoms with van der Waals surface area (Å²) in [7, 11) is 1.49. The zero-order chi connectivity index (χ0) is 16.6. The van der Waals surface area contributed by atoms with Crippen LogP contribution in [0.2, 0.25) is 0 Å². The van der Waals surface area contributed by atoms with Gasteiger partial charge in [0.15, 0.2) is 11.2 Å². The van der Waals surface area contributed by atoms with Gasteiger partial charge in [-0.25, -0.2) is 4.79 Å². The van der Waals surface area contributed by atoms with E-state index in [9.17, 15) is 19.5 Å². The molecule has 2 aromatic heterocycles. The number of carbonyl (C=O) groups is 1. The number of hydrogen-bond donors (Lipinski definition) is 1. The van der Waals surface area contributed by atoms with Gasteiger partial charge in [-0.05, 0) is 12.8 Å². The van der Waals surface area contributed by atoms with Crippen LogP contribution in [-0.4, -0.2) is 38.2 Å². The van der Waals surface area contributed by atoms with Gasteiger partial charge in [0.25, 0.3) is 5.56 Å². The number of aryl methyl sites for hydroxylation is 1. The average molecular weight is 320 g/mol. The lowest BCUT2D eigenvalue weighted by atomic mass is 10.2. The van der Waals surface area contributed by atoms with Gasteiger partial charge in [-0.15, -0.1) is 0 Å². The molecule has 3 heterocycles. The molecule has 0 spiro atoms. The predicted molar refractivity (Wildman–Crippen MR) is 81.3 cm³/mol. The first-order valence-electron chi connectivity index (χ1n) is 7.63. The molecule has 2 aromatic rings. The van der Waals surface area contributed by atoms with E-state index < -0.39 is 23.8 Å². The molecule has 23 heavy (non-hydrogen) atoms. The van der Waals surface area contributed by atoms with Crippen LogP contribution >= 0.6 is 0 Å². The molecule has 1 aliphatic rings. The SMILES string of the molecule is Cn1c(=O)[nH]c(=O)c2c1nc(N1CCCCCC1)n2CC(=O)[O-]. The summed E-state index contributed by atoms with van der Waals surface area (Å²) in [5, 5.41) is 11.1. The Balaban J connectivity index is 2.25. The molecule has 1 N–H and O–H groups in total. The summed E-state index contributed by atoms with van der Waals surface area (Å²) in [5.41, 5.74) is -0.962. The van der Waals surface area contributed by atoms with Gasteiger partial charge in [0, 0.05) is 20.1 Å². The van der Waals surface area contributed by atoms with E-state index in [1.54, 1.807) is 0 Å². The van der Waals surface area contributed by atoms with E-state index in [0.29, 0.717) is 5.95 Å². The molecule has 1 fully saturated rings. The monoisotopic (exact) mass is 320 g/mol. The zero-order valence-electron chi connectivity index (χ0n) is 12.9. The number of hydrogen-bond acceptors (Lipinski definition) is 6. The van der Waals surface area contributed by atoms with E-state index in [4.69, 9.17) is 0 Å². The minimum atomic E-state index is -1.31. The first kappa shape index (κ1) is 15.3. The lowest BCUT2D eigenvalue weighted by Crippen LogP contribution is -2.33. The second-order valence-electron chi connectivity index (χ2n) is 5.76. The Hall–Kier alpha value is -2.58. The van der Waals surface area contributed by atoms with Crippen molar-refractivity contribution in [2.75, 3.05) is 18.0 Å². The number of H-pyrrole nitrogens is 1.